The highest BCUT2D eigenvalue weighted by atomic mass is 16.6. The molecule has 1 amide bonds. The van der Waals surface area contributed by atoms with E-state index in [0.717, 1.165) is 18.7 Å². The summed E-state index contributed by atoms with van der Waals surface area (Å²) < 4.78 is 0. The number of nitrogens with zero attached hydrogens (tertiary/aromatic N) is 4. The first-order valence-electron chi connectivity index (χ1n) is 8.26. The Hall–Kier alpha value is -2.96. The van der Waals surface area contributed by atoms with Gasteiger partial charge in [-0.3, -0.25) is 19.9 Å². The van der Waals surface area contributed by atoms with Crippen LogP contribution in [0.15, 0.2) is 42.6 Å². The van der Waals surface area contributed by atoms with Crippen molar-refractivity contribution in [1.82, 2.24) is 9.88 Å². The zero-order valence-corrected chi connectivity index (χ0v) is 14.1. The van der Waals surface area contributed by atoms with E-state index in [-0.39, 0.29) is 16.5 Å². The second-order valence-corrected chi connectivity index (χ2v) is 6.08. The number of aryl methyl sites for hydroxylation is 1. The minimum absolute atomic E-state index is 0.0534. The normalized spacial score (nSPS) is 14.9. The molecule has 25 heavy (non-hydrogen) atoms. The summed E-state index contributed by atoms with van der Waals surface area (Å²) in [5.74, 6) is -0.0534. The topological polar surface area (TPSA) is 79.6 Å². The van der Waals surface area contributed by atoms with Crippen molar-refractivity contribution in [2.24, 2.45) is 0 Å². The predicted octanol–water partition coefficient (Wildman–Crippen LogP) is 2.65. The molecule has 0 unspecified atom stereocenters. The highest BCUT2D eigenvalue weighted by molar-refractivity contribution is 5.92. The summed E-state index contributed by atoms with van der Waals surface area (Å²) in [6.45, 7) is 4.53. The van der Waals surface area contributed by atoms with Gasteiger partial charge in [-0.05, 0) is 37.6 Å². The van der Waals surface area contributed by atoms with E-state index in [1.54, 1.807) is 37.4 Å². The van der Waals surface area contributed by atoms with E-state index in [9.17, 15) is 14.9 Å². The fourth-order valence-electron chi connectivity index (χ4n) is 3.07. The minimum atomic E-state index is -0.366. The SMILES string of the molecule is Cc1cc(N2CCCN(C(=O)c3ccccn3)CC2)ccc1[N+](=O)[O-]. The van der Waals surface area contributed by atoms with Crippen molar-refractivity contribution < 1.29 is 9.72 Å². The van der Waals surface area contributed by atoms with Crippen molar-refractivity contribution in [3.05, 3.63) is 64.0 Å². The molecule has 0 aliphatic carbocycles. The quantitative estimate of drug-likeness (QED) is 0.634. The van der Waals surface area contributed by atoms with Crippen LogP contribution in [0.3, 0.4) is 0 Å². The first-order chi connectivity index (χ1) is 12.1. The fourth-order valence-corrected chi connectivity index (χ4v) is 3.07. The van der Waals surface area contributed by atoms with Crippen molar-refractivity contribution in [3.63, 3.8) is 0 Å². The predicted molar refractivity (Wildman–Crippen MR) is 94.8 cm³/mol. The van der Waals surface area contributed by atoms with E-state index >= 15 is 0 Å². The maximum absolute atomic E-state index is 12.5. The van der Waals surface area contributed by atoms with Gasteiger partial charge in [-0.15, -0.1) is 0 Å². The van der Waals surface area contributed by atoms with Crippen LogP contribution >= 0.6 is 0 Å². The average Bonchev–Trinajstić information content (AvgIpc) is 2.87. The second kappa shape index (κ2) is 7.29. The molecule has 0 saturated carbocycles. The minimum Gasteiger partial charge on any atom is -0.370 e. The van der Waals surface area contributed by atoms with Crippen LogP contribution in [0.4, 0.5) is 11.4 Å². The third-order valence-corrected chi connectivity index (χ3v) is 4.41. The Bertz CT molecular complexity index is 779. The van der Waals surface area contributed by atoms with Gasteiger partial charge in [0.25, 0.3) is 11.6 Å². The third-order valence-electron chi connectivity index (χ3n) is 4.41. The largest absolute Gasteiger partial charge is 0.370 e. The van der Waals surface area contributed by atoms with E-state index in [1.807, 2.05) is 17.0 Å². The Morgan fingerprint density at radius 1 is 1.16 bits per heavy atom. The number of carbonyl (C=O) groups is 1. The Kier molecular flexibility index (Phi) is 4.92. The molecule has 1 fully saturated rings. The van der Waals surface area contributed by atoms with Gasteiger partial charge >= 0.3 is 0 Å². The van der Waals surface area contributed by atoms with E-state index in [0.29, 0.717) is 30.9 Å². The smallest absolute Gasteiger partial charge is 0.272 e. The van der Waals surface area contributed by atoms with Crippen LogP contribution in [0, 0.1) is 17.0 Å². The second-order valence-electron chi connectivity index (χ2n) is 6.08. The molecule has 1 saturated heterocycles. The number of hydrogen-bond donors (Lipinski definition) is 0. The lowest BCUT2D eigenvalue weighted by atomic mass is 10.1. The summed E-state index contributed by atoms with van der Waals surface area (Å²) in [4.78, 5) is 31.3. The fraction of sp³-hybridized carbons (Fsp3) is 0.333. The Labute approximate surface area is 146 Å². The average molecular weight is 340 g/mol. The molecular formula is C18H20N4O3. The lowest BCUT2D eigenvalue weighted by molar-refractivity contribution is -0.385. The number of anilines is 1. The van der Waals surface area contributed by atoms with Gasteiger partial charge in [0.2, 0.25) is 0 Å². The number of hydrogen-bond acceptors (Lipinski definition) is 5. The molecule has 1 aromatic carbocycles. The summed E-state index contributed by atoms with van der Waals surface area (Å²) in [5.41, 5.74) is 2.19. The van der Waals surface area contributed by atoms with Crippen LogP contribution in [0.2, 0.25) is 0 Å². The monoisotopic (exact) mass is 340 g/mol. The molecule has 130 valence electrons. The molecule has 0 bridgehead atoms. The number of pyridine rings is 1. The third kappa shape index (κ3) is 3.76. The van der Waals surface area contributed by atoms with Crippen LogP contribution in [-0.2, 0) is 0 Å². The lowest BCUT2D eigenvalue weighted by Crippen LogP contribution is -2.35. The van der Waals surface area contributed by atoms with Crippen molar-refractivity contribution in [2.75, 3.05) is 31.1 Å². The highest BCUT2D eigenvalue weighted by Crippen LogP contribution is 2.25. The molecule has 1 aromatic heterocycles. The summed E-state index contributed by atoms with van der Waals surface area (Å²) >= 11 is 0. The molecule has 2 heterocycles. The van der Waals surface area contributed by atoms with Crippen LogP contribution < -0.4 is 4.90 Å². The van der Waals surface area contributed by atoms with Gasteiger partial charge in [-0.25, -0.2) is 0 Å². The number of benzene rings is 1. The first kappa shape index (κ1) is 16.9. The number of amides is 1. The van der Waals surface area contributed by atoms with Crippen molar-refractivity contribution in [3.8, 4) is 0 Å². The highest BCUT2D eigenvalue weighted by Gasteiger charge is 2.22. The number of nitro benzene ring substituents is 1. The van der Waals surface area contributed by atoms with Crippen LogP contribution in [0.1, 0.15) is 22.5 Å². The Balaban J connectivity index is 1.70. The molecule has 0 spiro atoms. The van der Waals surface area contributed by atoms with Gasteiger partial charge < -0.3 is 9.80 Å². The van der Waals surface area contributed by atoms with Gasteiger partial charge in [0, 0.05) is 49.7 Å². The summed E-state index contributed by atoms with van der Waals surface area (Å²) in [6, 6.07) is 10.5. The zero-order chi connectivity index (χ0) is 17.8. The van der Waals surface area contributed by atoms with Crippen molar-refractivity contribution >= 4 is 17.3 Å². The number of aromatic nitrogens is 1. The van der Waals surface area contributed by atoms with Gasteiger partial charge in [0.1, 0.15) is 5.69 Å². The van der Waals surface area contributed by atoms with E-state index < -0.39 is 0 Å². The van der Waals surface area contributed by atoms with Crippen molar-refractivity contribution in [1.29, 1.82) is 0 Å². The van der Waals surface area contributed by atoms with Gasteiger partial charge in [-0.1, -0.05) is 6.07 Å². The number of nitro groups is 1. The molecule has 3 rings (SSSR count). The molecule has 2 aromatic rings. The number of rotatable bonds is 3. The molecule has 7 heteroatoms. The van der Waals surface area contributed by atoms with Crippen LogP contribution in [0.5, 0.6) is 0 Å². The maximum Gasteiger partial charge on any atom is 0.272 e. The summed E-state index contributed by atoms with van der Waals surface area (Å²) in [6.07, 6.45) is 2.46. The summed E-state index contributed by atoms with van der Waals surface area (Å²) in [7, 11) is 0. The first-order valence-corrected chi connectivity index (χ1v) is 8.26. The van der Waals surface area contributed by atoms with E-state index in [1.165, 1.54) is 0 Å². The molecule has 7 nitrogen and oxygen atoms in total. The van der Waals surface area contributed by atoms with Gasteiger partial charge in [0.05, 0.1) is 4.92 Å². The zero-order valence-electron chi connectivity index (χ0n) is 14.1. The van der Waals surface area contributed by atoms with E-state index in [4.69, 9.17) is 0 Å². The van der Waals surface area contributed by atoms with E-state index in [2.05, 4.69) is 9.88 Å². The number of carbonyl (C=O) groups excluding carboxylic acids is 1. The Morgan fingerprint density at radius 2 is 2.00 bits per heavy atom. The maximum atomic E-state index is 12.5. The van der Waals surface area contributed by atoms with Gasteiger partial charge in [0.15, 0.2) is 0 Å². The lowest BCUT2D eigenvalue weighted by Gasteiger charge is -2.24. The van der Waals surface area contributed by atoms with Crippen LogP contribution in [0.25, 0.3) is 0 Å². The molecule has 0 N–H and O–H groups in total. The van der Waals surface area contributed by atoms with Crippen LogP contribution in [-0.4, -0.2) is 46.9 Å². The molecule has 0 radical (unpaired) electrons. The summed E-state index contributed by atoms with van der Waals surface area (Å²) in [5, 5.41) is 11.0. The Morgan fingerprint density at radius 3 is 2.68 bits per heavy atom. The molecular weight excluding hydrogens is 320 g/mol. The molecule has 1 aliphatic heterocycles. The van der Waals surface area contributed by atoms with Gasteiger partial charge in [-0.2, -0.15) is 0 Å². The molecule has 1 aliphatic rings. The van der Waals surface area contributed by atoms with Crippen molar-refractivity contribution in [2.45, 2.75) is 13.3 Å². The standard InChI is InChI=1S/C18H20N4O3/c1-14-13-15(6-7-17(14)22(24)25)20-9-4-10-21(12-11-20)18(23)16-5-2-3-8-19-16/h2-3,5-8,13H,4,9-12H2,1H3. The molecule has 0 atom stereocenters.